The van der Waals surface area contributed by atoms with Crippen molar-refractivity contribution in [1.82, 2.24) is 4.90 Å². The fourth-order valence-corrected chi connectivity index (χ4v) is 5.85. The number of likely N-dealkylation sites (N-methyl/N-ethyl adjacent to an activating group) is 1. The largest absolute Gasteiger partial charge is 0.297 e. The first-order valence-electron chi connectivity index (χ1n) is 8.86. The van der Waals surface area contributed by atoms with Gasteiger partial charge in [-0.05, 0) is 82.7 Å². The number of ketones is 1. The fourth-order valence-electron chi connectivity index (χ4n) is 5.85. The highest BCUT2D eigenvalue weighted by Crippen LogP contribution is 2.57. The van der Waals surface area contributed by atoms with Crippen LogP contribution in [0, 0.1) is 23.2 Å². The molecule has 4 bridgehead atoms. The van der Waals surface area contributed by atoms with E-state index in [1.165, 1.54) is 44.9 Å². The monoisotopic (exact) mass is 277 g/mol. The van der Waals surface area contributed by atoms with Gasteiger partial charge in [0.05, 0.1) is 6.04 Å². The normalized spacial score (nSPS) is 40.9. The van der Waals surface area contributed by atoms with Gasteiger partial charge in [-0.25, -0.2) is 0 Å². The van der Waals surface area contributed by atoms with Gasteiger partial charge in [-0.2, -0.15) is 0 Å². The molecule has 0 saturated heterocycles. The molecule has 4 fully saturated rings. The van der Waals surface area contributed by atoms with Gasteiger partial charge in [-0.1, -0.05) is 13.8 Å². The number of nitrogens with zero attached hydrogens (tertiary/aromatic N) is 1. The van der Waals surface area contributed by atoms with Crippen LogP contribution in [0.25, 0.3) is 0 Å². The topological polar surface area (TPSA) is 20.3 Å². The molecule has 2 heteroatoms. The molecule has 0 radical (unpaired) electrons. The Labute approximate surface area is 124 Å². The summed E-state index contributed by atoms with van der Waals surface area (Å²) in [4.78, 5) is 15.6. The molecule has 0 amide bonds. The molecule has 4 saturated carbocycles. The number of carbonyl (C=O) groups excluding carboxylic acids is 1. The first-order chi connectivity index (χ1) is 9.58. The second-order valence-corrected chi connectivity index (χ2v) is 7.79. The first kappa shape index (κ1) is 14.6. The Balaban J connectivity index is 1.82. The molecule has 4 rings (SSSR count). The first-order valence-corrected chi connectivity index (χ1v) is 8.86. The second kappa shape index (κ2) is 5.44. The molecule has 4 aliphatic rings. The summed E-state index contributed by atoms with van der Waals surface area (Å²) in [5, 5.41) is 0. The van der Waals surface area contributed by atoms with E-state index in [9.17, 15) is 4.79 Å². The molecule has 0 heterocycles. The van der Waals surface area contributed by atoms with Crippen molar-refractivity contribution in [1.29, 1.82) is 0 Å². The number of hydrogen-bond acceptors (Lipinski definition) is 2. The molecular weight excluding hydrogens is 246 g/mol. The summed E-state index contributed by atoms with van der Waals surface area (Å²) in [6, 6.07) is 0.124. The quantitative estimate of drug-likeness (QED) is 0.760. The Kier molecular flexibility index (Phi) is 3.96. The predicted octanol–water partition coefficient (Wildman–Crippen LogP) is 3.89. The van der Waals surface area contributed by atoms with Crippen molar-refractivity contribution in [2.45, 2.75) is 71.8 Å². The van der Waals surface area contributed by atoms with E-state index in [1.807, 2.05) is 0 Å². The summed E-state index contributed by atoms with van der Waals surface area (Å²) < 4.78 is 0. The summed E-state index contributed by atoms with van der Waals surface area (Å²) in [6.45, 7) is 8.50. The van der Waals surface area contributed by atoms with Gasteiger partial charge in [-0.15, -0.1) is 0 Å². The van der Waals surface area contributed by atoms with Crippen LogP contribution >= 0.6 is 0 Å². The average Bonchev–Trinajstić information content (AvgIpc) is 2.64. The van der Waals surface area contributed by atoms with Crippen LogP contribution in [-0.2, 0) is 4.79 Å². The van der Waals surface area contributed by atoms with Crippen molar-refractivity contribution < 1.29 is 4.79 Å². The third-order valence-corrected chi connectivity index (χ3v) is 6.65. The molecular formula is C18H31NO. The van der Waals surface area contributed by atoms with E-state index in [-0.39, 0.29) is 11.5 Å². The Hall–Kier alpha value is -0.370. The standard InChI is InChI=1S/C18H31NO/c1-4-19(5-2)13(3)17(20)18-7-6-14-8-15(11-18)10-16(9-14)12-18/h13-16H,4-12H2,1-3H3/t13-,14?,15-,16+,18?/m0/s1. The van der Waals surface area contributed by atoms with Crippen molar-refractivity contribution >= 4 is 5.78 Å². The van der Waals surface area contributed by atoms with Gasteiger partial charge in [0.15, 0.2) is 5.78 Å². The van der Waals surface area contributed by atoms with Gasteiger partial charge in [0.1, 0.15) is 0 Å². The highest BCUT2D eigenvalue weighted by molar-refractivity contribution is 5.89. The van der Waals surface area contributed by atoms with Crippen LogP contribution < -0.4 is 0 Å². The lowest BCUT2D eigenvalue weighted by Crippen LogP contribution is -2.49. The fraction of sp³-hybridized carbons (Fsp3) is 0.944. The summed E-state index contributed by atoms with van der Waals surface area (Å²) in [7, 11) is 0. The van der Waals surface area contributed by atoms with Gasteiger partial charge >= 0.3 is 0 Å². The molecule has 2 nitrogen and oxygen atoms in total. The van der Waals surface area contributed by atoms with E-state index >= 15 is 0 Å². The summed E-state index contributed by atoms with van der Waals surface area (Å²) in [5.74, 6) is 3.25. The van der Waals surface area contributed by atoms with Crippen molar-refractivity contribution in [3.05, 3.63) is 0 Å². The smallest absolute Gasteiger partial charge is 0.155 e. The minimum absolute atomic E-state index is 0.0564. The van der Waals surface area contributed by atoms with Crippen LogP contribution in [0.4, 0.5) is 0 Å². The number of fused-ring (bicyclic) bond motifs is 1. The predicted molar refractivity (Wildman–Crippen MR) is 82.6 cm³/mol. The van der Waals surface area contributed by atoms with Crippen LogP contribution in [0.1, 0.15) is 65.7 Å². The van der Waals surface area contributed by atoms with E-state index in [4.69, 9.17) is 0 Å². The SMILES string of the molecule is CCN(CC)[C@@H](C)C(=O)C12CCC3C[C@H](C[C@H](C3)C1)C2. The van der Waals surface area contributed by atoms with Gasteiger partial charge in [0.2, 0.25) is 0 Å². The minimum Gasteiger partial charge on any atom is -0.297 e. The maximum absolute atomic E-state index is 13.3. The van der Waals surface area contributed by atoms with E-state index in [0.717, 1.165) is 30.8 Å². The van der Waals surface area contributed by atoms with Crippen LogP contribution in [0.15, 0.2) is 0 Å². The number of hydrogen-bond donors (Lipinski definition) is 0. The maximum atomic E-state index is 13.3. The van der Waals surface area contributed by atoms with Crippen LogP contribution in [0.3, 0.4) is 0 Å². The molecule has 0 aromatic rings. The highest BCUT2D eigenvalue weighted by atomic mass is 16.1. The zero-order valence-corrected chi connectivity index (χ0v) is 13.5. The number of Topliss-reactive ketones (excluding diaryl/α,β-unsaturated/α-hetero) is 1. The number of rotatable bonds is 5. The Morgan fingerprint density at radius 2 is 1.65 bits per heavy atom. The molecule has 4 aliphatic carbocycles. The lowest BCUT2D eigenvalue weighted by Gasteiger charge is -2.46. The van der Waals surface area contributed by atoms with Gasteiger partial charge in [0.25, 0.3) is 0 Å². The zero-order chi connectivity index (χ0) is 14.3. The molecule has 5 atom stereocenters. The van der Waals surface area contributed by atoms with Crippen LogP contribution in [0.5, 0.6) is 0 Å². The van der Waals surface area contributed by atoms with E-state index < -0.39 is 0 Å². The lowest BCUT2D eigenvalue weighted by molar-refractivity contribution is -0.138. The molecule has 0 spiro atoms. The molecule has 0 aromatic heterocycles. The van der Waals surface area contributed by atoms with Crippen molar-refractivity contribution in [3.63, 3.8) is 0 Å². The molecule has 2 unspecified atom stereocenters. The zero-order valence-electron chi connectivity index (χ0n) is 13.5. The second-order valence-electron chi connectivity index (χ2n) is 7.79. The highest BCUT2D eigenvalue weighted by Gasteiger charge is 2.52. The summed E-state index contributed by atoms with van der Waals surface area (Å²) in [6.07, 6.45) is 9.20. The van der Waals surface area contributed by atoms with E-state index in [2.05, 4.69) is 25.7 Å². The summed E-state index contributed by atoms with van der Waals surface area (Å²) in [5.41, 5.74) is 0.0564. The molecule has 0 N–H and O–H groups in total. The molecule has 0 aliphatic heterocycles. The van der Waals surface area contributed by atoms with Gasteiger partial charge in [0, 0.05) is 5.41 Å². The van der Waals surface area contributed by atoms with Gasteiger partial charge < -0.3 is 0 Å². The van der Waals surface area contributed by atoms with Gasteiger partial charge in [-0.3, -0.25) is 9.69 Å². The molecule has 20 heavy (non-hydrogen) atoms. The lowest BCUT2D eigenvalue weighted by atomic mass is 9.59. The molecule has 114 valence electrons. The minimum atomic E-state index is 0.0564. The summed E-state index contributed by atoms with van der Waals surface area (Å²) >= 11 is 0. The maximum Gasteiger partial charge on any atom is 0.155 e. The number of carbonyl (C=O) groups is 1. The third-order valence-electron chi connectivity index (χ3n) is 6.65. The Bertz CT molecular complexity index is 360. The molecule has 0 aromatic carbocycles. The van der Waals surface area contributed by atoms with Crippen molar-refractivity contribution in [2.75, 3.05) is 13.1 Å². The Morgan fingerprint density at radius 3 is 2.20 bits per heavy atom. The van der Waals surface area contributed by atoms with Crippen molar-refractivity contribution in [2.24, 2.45) is 23.2 Å². The Morgan fingerprint density at radius 1 is 1.10 bits per heavy atom. The van der Waals surface area contributed by atoms with E-state index in [0.29, 0.717) is 5.78 Å². The van der Waals surface area contributed by atoms with Crippen LogP contribution in [-0.4, -0.2) is 29.8 Å². The average molecular weight is 277 g/mol. The van der Waals surface area contributed by atoms with Crippen LogP contribution in [0.2, 0.25) is 0 Å². The third kappa shape index (κ3) is 2.34. The van der Waals surface area contributed by atoms with E-state index in [1.54, 1.807) is 0 Å². The van der Waals surface area contributed by atoms with Crippen molar-refractivity contribution in [3.8, 4) is 0 Å².